The Morgan fingerprint density at radius 3 is 1.50 bits per heavy atom. The van der Waals surface area contributed by atoms with E-state index in [-0.39, 0.29) is 10.8 Å². The van der Waals surface area contributed by atoms with Crippen molar-refractivity contribution in [1.82, 2.24) is 0 Å². The van der Waals surface area contributed by atoms with E-state index >= 15 is 0 Å². The first-order valence-electron chi connectivity index (χ1n) is 5.28. The van der Waals surface area contributed by atoms with Crippen LogP contribution in [0.5, 0.6) is 0 Å². The Balaban J connectivity index is 4.53. The van der Waals surface area contributed by atoms with Gasteiger partial charge in [0.1, 0.15) is 0 Å². The molecule has 0 radical (unpaired) electrons. The van der Waals surface area contributed by atoms with E-state index in [0.29, 0.717) is 6.42 Å². The summed E-state index contributed by atoms with van der Waals surface area (Å²) in [6.45, 7) is 13.7. The molecular formula is C12H26O2. The third-order valence-corrected chi connectivity index (χ3v) is 3.21. The van der Waals surface area contributed by atoms with Crippen molar-refractivity contribution in [3.05, 3.63) is 0 Å². The summed E-state index contributed by atoms with van der Waals surface area (Å²) in [5.41, 5.74) is -1.21. The van der Waals surface area contributed by atoms with Crippen molar-refractivity contribution in [2.45, 2.75) is 66.6 Å². The summed E-state index contributed by atoms with van der Waals surface area (Å²) < 4.78 is 0. The van der Waals surface area contributed by atoms with Crippen molar-refractivity contribution in [1.29, 1.82) is 0 Å². The summed E-state index contributed by atoms with van der Waals surface area (Å²) in [6, 6.07) is 0. The zero-order valence-corrected chi connectivity index (χ0v) is 10.7. The molecule has 0 aromatic rings. The average molecular weight is 202 g/mol. The number of rotatable bonds is 2. The molecule has 14 heavy (non-hydrogen) atoms. The van der Waals surface area contributed by atoms with E-state index in [9.17, 15) is 10.2 Å². The molecule has 0 rings (SSSR count). The van der Waals surface area contributed by atoms with Gasteiger partial charge >= 0.3 is 0 Å². The van der Waals surface area contributed by atoms with Gasteiger partial charge in [-0.3, -0.25) is 0 Å². The Kier molecular flexibility index (Phi) is 3.80. The van der Waals surface area contributed by atoms with E-state index in [1.165, 1.54) is 0 Å². The van der Waals surface area contributed by atoms with Gasteiger partial charge in [-0.25, -0.2) is 0 Å². The standard InChI is InChI=1S/C12H26O2/c1-10(2,3)9(13)8-12(7,14)11(4,5)6/h9,13-14H,8H2,1-7H3/t9-,12-/m0/s1. The monoisotopic (exact) mass is 202 g/mol. The first kappa shape index (κ1) is 13.9. The van der Waals surface area contributed by atoms with E-state index in [0.717, 1.165) is 0 Å². The molecule has 0 unspecified atom stereocenters. The van der Waals surface area contributed by atoms with Crippen LogP contribution in [0, 0.1) is 10.8 Å². The van der Waals surface area contributed by atoms with Gasteiger partial charge in [0.2, 0.25) is 0 Å². The topological polar surface area (TPSA) is 40.5 Å². The van der Waals surface area contributed by atoms with E-state index < -0.39 is 11.7 Å². The zero-order chi connectivity index (χ0) is 11.8. The molecule has 0 aliphatic carbocycles. The van der Waals surface area contributed by atoms with Crippen LogP contribution in [0.25, 0.3) is 0 Å². The third-order valence-electron chi connectivity index (χ3n) is 3.21. The zero-order valence-electron chi connectivity index (χ0n) is 10.7. The van der Waals surface area contributed by atoms with Gasteiger partial charge in [0, 0.05) is 6.42 Å². The Morgan fingerprint density at radius 1 is 0.929 bits per heavy atom. The molecule has 2 N–H and O–H groups in total. The lowest BCUT2D eigenvalue weighted by molar-refractivity contribution is -0.0932. The number of aliphatic hydroxyl groups excluding tert-OH is 1. The molecule has 0 aliphatic heterocycles. The number of aliphatic hydroxyl groups is 2. The predicted molar refractivity (Wildman–Crippen MR) is 60.2 cm³/mol. The second-order valence-corrected chi connectivity index (χ2v) is 6.61. The first-order chi connectivity index (χ1) is 5.88. The molecule has 0 fully saturated rings. The van der Waals surface area contributed by atoms with E-state index in [1.807, 2.05) is 41.5 Å². The van der Waals surface area contributed by atoms with Crippen molar-refractivity contribution in [2.24, 2.45) is 10.8 Å². The molecular weight excluding hydrogens is 176 g/mol. The summed E-state index contributed by atoms with van der Waals surface area (Å²) in [4.78, 5) is 0. The van der Waals surface area contributed by atoms with Gasteiger partial charge in [-0.1, -0.05) is 41.5 Å². The fourth-order valence-electron chi connectivity index (χ4n) is 0.989. The summed E-state index contributed by atoms with van der Waals surface area (Å²) in [7, 11) is 0. The highest BCUT2D eigenvalue weighted by molar-refractivity contribution is 4.90. The lowest BCUT2D eigenvalue weighted by Crippen LogP contribution is -2.45. The molecule has 0 amide bonds. The molecule has 86 valence electrons. The van der Waals surface area contributed by atoms with E-state index in [4.69, 9.17) is 0 Å². The SMILES string of the molecule is CC(C)(C)[C@@H](O)C[C@](C)(O)C(C)(C)C. The van der Waals surface area contributed by atoms with Crippen molar-refractivity contribution < 1.29 is 10.2 Å². The van der Waals surface area contributed by atoms with Crippen LogP contribution in [-0.2, 0) is 0 Å². The molecule has 0 heterocycles. The van der Waals surface area contributed by atoms with Crippen LogP contribution in [0.15, 0.2) is 0 Å². The van der Waals surface area contributed by atoms with Gasteiger partial charge in [-0.05, 0) is 17.8 Å². The lowest BCUT2D eigenvalue weighted by Gasteiger charge is -2.41. The molecule has 0 saturated heterocycles. The third kappa shape index (κ3) is 3.58. The lowest BCUT2D eigenvalue weighted by atomic mass is 9.71. The first-order valence-corrected chi connectivity index (χ1v) is 5.28. The average Bonchev–Trinajstić information content (AvgIpc) is 1.80. The van der Waals surface area contributed by atoms with Gasteiger partial charge in [0.05, 0.1) is 11.7 Å². The summed E-state index contributed by atoms with van der Waals surface area (Å²) in [6.07, 6.45) is -0.0586. The fourth-order valence-corrected chi connectivity index (χ4v) is 0.989. The number of hydrogen-bond acceptors (Lipinski definition) is 2. The molecule has 0 aliphatic rings. The van der Waals surface area contributed by atoms with Crippen molar-refractivity contribution in [2.75, 3.05) is 0 Å². The Hall–Kier alpha value is -0.0800. The molecule has 0 spiro atoms. The summed E-state index contributed by atoms with van der Waals surface area (Å²) >= 11 is 0. The molecule has 2 atom stereocenters. The number of hydrogen-bond donors (Lipinski definition) is 2. The second kappa shape index (κ2) is 3.82. The van der Waals surface area contributed by atoms with Crippen LogP contribution < -0.4 is 0 Å². The maximum atomic E-state index is 10.2. The maximum absolute atomic E-state index is 10.2. The van der Waals surface area contributed by atoms with Gasteiger partial charge in [-0.2, -0.15) is 0 Å². The van der Waals surface area contributed by atoms with Gasteiger partial charge in [-0.15, -0.1) is 0 Å². The highest BCUT2D eigenvalue weighted by atomic mass is 16.3. The van der Waals surface area contributed by atoms with Gasteiger partial charge in [0.15, 0.2) is 0 Å². The molecule has 2 heteroatoms. The Labute approximate surface area is 88.3 Å². The molecule has 0 aromatic carbocycles. The van der Waals surface area contributed by atoms with Crippen molar-refractivity contribution in [3.63, 3.8) is 0 Å². The molecule has 0 bridgehead atoms. The van der Waals surface area contributed by atoms with Crippen molar-refractivity contribution in [3.8, 4) is 0 Å². The predicted octanol–water partition coefficient (Wildman–Crippen LogP) is 2.58. The van der Waals surface area contributed by atoms with Crippen LogP contribution in [0.3, 0.4) is 0 Å². The Morgan fingerprint density at radius 2 is 1.29 bits per heavy atom. The van der Waals surface area contributed by atoms with Crippen LogP contribution >= 0.6 is 0 Å². The normalized spacial score (nSPS) is 20.4. The fraction of sp³-hybridized carbons (Fsp3) is 1.00. The highest BCUT2D eigenvalue weighted by Crippen LogP contribution is 2.36. The second-order valence-electron chi connectivity index (χ2n) is 6.61. The minimum Gasteiger partial charge on any atom is -0.392 e. The smallest absolute Gasteiger partial charge is 0.0692 e. The van der Waals surface area contributed by atoms with Crippen LogP contribution in [0.2, 0.25) is 0 Å². The maximum Gasteiger partial charge on any atom is 0.0692 e. The van der Waals surface area contributed by atoms with Gasteiger partial charge in [0.25, 0.3) is 0 Å². The minimum absolute atomic E-state index is 0.171. The molecule has 0 saturated carbocycles. The van der Waals surface area contributed by atoms with Crippen molar-refractivity contribution >= 4 is 0 Å². The Bertz CT molecular complexity index is 181. The van der Waals surface area contributed by atoms with E-state index in [1.54, 1.807) is 6.92 Å². The minimum atomic E-state index is -0.834. The van der Waals surface area contributed by atoms with E-state index in [2.05, 4.69) is 0 Å². The summed E-state index contributed by atoms with van der Waals surface area (Å²) in [5, 5.41) is 20.1. The molecule has 2 nitrogen and oxygen atoms in total. The molecule has 0 aromatic heterocycles. The largest absolute Gasteiger partial charge is 0.392 e. The van der Waals surface area contributed by atoms with Crippen LogP contribution in [0.4, 0.5) is 0 Å². The summed E-state index contributed by atoms with van der Waals surface area (Å²) in [5.74, 6) is 0. The van der Waals surface area contributed by atoms with Crippen LogP contribution in [-0.4, -0.2) is 21.9 Å². The van der Waals surface area contributed by atoms with Crippen LogP contribution in [0.1, 0.15) is 54.9 Å². The highest BCUT2D eigenvalue weighted by Gasteiger charge is 2.39. The quantitative estimate of drug-likeness (QED) is 0.722. The van der Waals surface area contributed by atoms with Gasteiger partial charge < -0.3 is 10.2 Å².